The average Bonchev–Trinajstić information content (AvgIpc) is 2.39. The van der Waals surface area contributed by atoms with Crippen molar-refractivity contribution in [1.29, 1.82) is 0 Å². The lowest BCUT2D eigenvalue weighted by molar-refractivity contribution is -0.143. The molecule has 110 valence electrons. The van der Waals surface area contributed by atoms with E-state index >= 15 is 0 Å². The van der Waals surface area contributed by atoms with Gasteiger partial charge in [0.1, 0.15) is 0 Å². The lowest BCUT2D eigenvalue weighted by Gasteiger charge is -2.26. The maximum absolute atomic E-state index is 11.5. The maximum atomic E-state index is 11.5. The Hall–Kier alpha value is -1.10. The number of hydrogen-bond acceptors (Lipinski definition) is 3. The molecule has 1 saturated carbocycles. The second-order valence-corrected chi connectivity index (χ2v) is 5.56. The number of carboxylic acid groups (broad SMARTS) is 1. The van der Waals surface area contributed by atoms with Gasteiger partial charge in [0, 0.05) is 6.04 Å². The van der Waals surface area contributed by atoms with Gasteiger partial charge in [-0.2, -0.15) is 0 Å². The van der Waals surface area contributed by atoms with Crippen LogP contribution in [0.1, 0.15) is 46.0 Å². The monoisotopic (exact) mass is 270 g/mol. The van der Waals surface area contributed by atoms with E-state index in [1.54, 1.807) is 0 Å². The first kappa shape index (κ1) is 16.0. The average molecular weight is 270 g/mol. The van der Waals surface area contributed by atoms with Gasteiger partial charge in [-0.05, 0) is 51.5 Å². The highest BCUT2D eigenvalue weighted by atomic mass is 16.4. The molecule has 0 aromatic rings. The van der Waals surface area contributed by atoms with Gasteiger partial charge in [-0.15, -0.1) is 0 Å². The van der Waals surface area contributed by atoms with Crippen LogP contribution in [0, 0.1) is 11.8 Å². The van der Waals surface area contributed by atoms with Crippen LogP contribution in [0.15, 0.2) is 0 Å². The van der Waals surface area contributed by atoms with Crippen LogP contribution in [0.2, 0.25) is 0 Å². The molecule has 5 nitrogen and oxygen atoms in total. The molecule has 0 bridgehead atoms. The Labute approximate surface area is 115 Å². The van der Waals surface area contributed by atoms with Crippen LogP contribution < -0.4 is 10.6 Å². The van der Waals surface area contributed by atoms with Gasteiger partial charge < -0.3 is 15.7 Å². The molecule has 0 aliphatic heterocycles. The van der Waals surface area contributed by atoms with Crippen LogP contribution in [0.5, 0.6) is 0 Å². The molecule has 0 heterocycles. The summed E-state index contributed by atoms with van der Waals surface area (Å²) in [6, 6.07) is 0.223. The molecule has 5 heteroatoms. The van der Waals surface area contributed by atoms with E-state index in [-0.39, 0.29) is 17.9 Å². The van der Waals surface area contributed by atoms with Gasteiger partial charge >= 0.3 is 5.97 Å². The van der Waals surface area contributed by atoms with Gasteiger partial charge in [0.05, 0.1) is 12.5 Å². The highest BCUT2D eigenvalue weighted by Crippen LogP contribution is 2.28. The highest BCUT2D eigenvalue weighted by Gasteiger charge is 2.25. The van der Waals surface area contributed by atoms with E-state index in [1.807, 2.05) is 13.8 Å². The first-order chi connectivity index (χ1) is 9.02. The molecular weight excluding hydrogens is 244 g/mol. The molecule has 0 radical (unpaired) electrons. The number of carbonyl (C=O) groups is 2. The van der Waals surface area contributed by atoms with Gasteiger partial charge in [-0.3, -0.25) is 9.59 Å². The van der Waals surface area contributed by atoms with Crippen molar-refractivity contribution in [3.63, 3.8) is 0 Å². The molecule has 1 rings (SSSR count). The van der Waals surface area contributed by atoms with E-state index in [0.29, 0.717) is 12.5 Å². The number of carboxylic acids is 1. The standard InChI is InChI=1S/C14H26N2O3/c1-3-10(2)16-13(17)9-15-8-11-4-6-12(7-5-11)14(18)19/h10-12,15H,3-9H2,1-2H3,(H,16,17)(H,18,19). The third-order valence-electron chi connectivity index (χ3n) is 3.93. The molecule has 1 aliphatic rings. The van der Waals surface area contributed by atoms with Crippen LogP contribution in [-0.2, 0) is 9.59 Å². The minimum absolute atomic E-state index is 0.0357. The molecular formula is C14H26N2O3. The van der Waals surface area contributed by atoms with Crippen molar-refractivity contribution >= 4 is 11.9 Å². The van der Waals surface area contributed by atoms with Gasteiger partial charge in [-0.25, -0.2) is 0 Å². The fourth-order valence-corrected chi connectivity index (χ4v) is 2.43. The summed E-state index contributed by atoms with van der Waals surface area (Å²) in [6.45, 7) is 5.19. The number of amides is 1. The Morgan fingerprint density at radius 1 is 1.26 bits per heavy atom. The van der Waals surface area contributed by atoms with Gasteiger partial charge in [0.15, 0.2) is 0 Å². The Kier molecular flexibility index (Phi) is 6.84. The van der Waals surface area contributed by atoms with Crippen LogP contribution in [0.3, 0.4) is 0 Å². The second kappa shape index (κ2) is 8.15. The molecule has 0 saturated heterocycles. The Bertz CT molecular complexity index is 299. The third-order valence-corrected chi connectivity index (χ3v) is 3.93. The van der Waals surface area contributed by atoms with Crippen molar-refractivity contribution < 1.29 is 14.7 Å². The summed E-state index contributed by atoms with van der Waals surface area (Å²) in [6.07, 6.45) is 4.35. The van der Waals surface area contributed by atoms with E-state index in [1.165, 1.54) is 0 Å². The van der Waals surface area contributed by atoms with Gasteiger partial charge in [-0.1, -0.05) is 6.92 Å². The molecule has 1 aliphatic carbocycles. The minimum atomic E-state index is -0.667. The molecule has 19 heavy (non-hydrogen) atoms. The lowest BCUT2D eigenvalue weighted by Crippen LogP contribution is -2.40. The molecule has 1 atom stereocenters. The molecule has 3 N–H and O–H groups in total. The fourth-order valence-electron chi connectivity index (χ4n) is 2.43. The third kappa shape index (κ3) is 6.05. The number of nitrogens with one attached hydrogen (secondary N) is 2. The SMILES string of the molecule is CCC(C)NC(=O)CNCC1CCC(C(=O)O)CC1. The quantitative estimate of drug-likeness (QED) is 0.653. The zero-order chi connectivity index (χ0) is 14.3. The summed E-state index contributed by atoms with van der Waals surface area (Å²) in [5.41, 5.74) is 0. The summed E-state index contributed by atoms with van der Waals surface area (Å²) in [4.78, 5) is 22.4. The first-order valence-electron chi connectivity index (χ1n) is 7.25. The van der Waals surface area contributed by atoms with Gasteiger partial charge in [0.2, 0.25) is 5.91 Å². The molecule has 0 aromatic heterocycles. The largest absolute Gasteiger partial charge is 0.481 e. The van der Waals surface area contributed by atoms with Crippen molar-refractivity contribution in [2.75, 3.05) is 13.1 Å². The van der Waals surface area contributed by atoms with E-state index in [9.17, 15) is 9.59 Å². The molecule has 0 aromatic carbocycles. The van der Waals surface area contributed by atoms with Crippen LogP contribution in [-0.4, -0.2) is 36.1 Å². The normalized spacial score (nSPS) is 24.7. The summed E-state index contributed by atoms with van der Waals surface area (Å²) < 4.78 is 0. The zero-order valence-corrected chi connectivity index (χ0v) is 11.9. The predicted octanol–water partition coefficient (Wildman–Crippen LogP) is 1.38. The number of rotatable bonds is 7. The fraction of sp³-hybridized carbons (Fsp3) is 0.857. The molecule has 1 fully saturated rings. The van der Waals surface area contributed by atoms with Crippen LogP contribution >= 0.6 is 0 Å². The summed E-state index contributed by atoms with van der Waals surface area (Å²) in [5, 5.41) is 15.0. The lowest BCUT2D eigenvalue weighted by atomic mass is 9.82. The van der Waals surface area contributed by atoms with Crippen molar-refractivity contribution in [3.05, 3.63) is 0 Å². The van der Waals surface area contributed by atoms with Crippen molar-refractivity contribution in [1.82, 2.24) is 10.6 Å². The topological polar surface area (TPSA) is 78.4 Å². The summed E-state index contributed by atoms with van der Waals surface area (Å²) >= 11 is 0. The zero-order valence-electron chi connectivity index (χ0n) is 11.9. The molecule has 1 amide bonds. The van der Waals surface area contributed by atoms with Gasteiger partial charge in [0.25, 0.3) is 0 Å². The van der Waals surface area contributed by atoms with E-state index < -0.39 is 5.97 Å². The number of carbonyl (C=O) groups excluding carboxylic acids is 1. The Morgan fingerprint density at radius 2 is 1.89 bits per heavy atom. The van der Waals surface area contributed by atoms with Crippen molar-refractivity contribution in [3.8, 4) is 0 Å². The predicted molar refractivity (Wildman–Crippen MR) is 73.8 cm³/mol. The summed E-state index contributed by atoms with van der Waals surface area (Å²) in [7, 11) is 0. The Balaban J connectivity index is 2.11. The minimum Gasteiger partial charge on any atom is -0.481 e. The first-order valence-corrected chi connectivity index (χ1v) is 7.25. The van der Waals surface area contributed by atoms with E-state index in [2.05, 4.69) is 10.6 Å². The Morgan fingerprint density at radius 3 is 2.42 bits per heavy atom. The van der Waals surface area contributed by atoms with Crippen molar-refractivity contribution in [2.24, 2.45) is 11.8 Å². The second-order valence-electron chi connectivity index (χ2n) is 5.56. The van der Waals surface area contributed by atoms with Crippen molar-refractivity contribution in [2.45, 2.75) is 52.0 Å². The molecule has 0 spiro atoms. The summed E-state index contributed by atoms with van der Waals surface area (Å²) in [5.74, 6) is -0.287. The number of hydrogen-bond donors (Lipinski definition) is 3. The number of aliphatic carboxylic acids is 1. The van der Waals surface area contributed by atoms with E-state index in [4.69, 9.17) is 5.11 Å². The smallest absolute Gasteiger partial charge is 0.306 e. The highest BCUT2D eigenvalue weighted by molar-refractivity contribution is 5.78. The molecule has 1 unspecified atom stereocenters. The van der Waals surface area contributed by atoms with Crippen LogP contribution in [0.4, 0.5) is 0 Å². The van der Waals surface area contributed by atoms with Crippen LogP contribution in [0.25, 0.3) is 0 Å². The van der Waals surface area contributed by atoms with E-state index in [0.717, 1.165) is 38.6 Å². The maximum Gasteiger partial charge on any atom is 0.306 e.